The van der Waals surface area contributed by atoms with Crippen LogP contribution in [-0.2, 0) is 24.4 Å². The third kappa shape index (κ3) is 13.7. The van der Waals surface area contributed by atoms with E-state index in [-0.39, 0.29) is 17.2 Å². The summed E-state index contributed by atoms with van der Waals surface area (Å²) in [6.45, 7) is 13.7. The average Bonchev–Trinajstić information content (AvgIpc) is 3.17. The van der Waals surface area contributed by atoms with Gasteiger partial charge in [0, 0.05) is 32.0 Å². The van der Waals surface area contributed by atoms with Crippen molar-refractivity contribution in [3.63, 3.8) is 0 Å². The molecule has 39 heavy (non-hydrogen) atoms. The van der Waals surface area contributed by atoms with E-state index in [0.717, 1.165) is 31.3 Å². The molecular formula is C25H40F3N5O5S. The average molecular weight is 580 g/mol. The van der Waals surface area contributed by atoms with Crippen LogP contribution in [0.4, 0.5) is 13.2 Å². The highest BCUT2D eigenvalue weighted by Gasteiger charge is 2.62. The van der Waals surface area contributed by atoms with Gasteiger partial charge in [0.1, 0.15) is 6.04 Å². The molecule has 222 valence electrons. The number of hydrogen-bond donors (Lipinski definition) is 3. The lowest BCUT2D eigenvalue weighted by atomic mass is 9.91. The van der Waals surface area contributed by atoms with Crippen LogP contribution in [0.5, 0.6) is 0 Å². The molecule has 4 N–H and O–H groups in total. The normalized spacial score (nSPS) is 23.5. The molecule has 0 radical (unpaired) electrons. The van der Waals surface area contributed by atoms with Crippen molar-refractivity contribution in [3.05, 3.63) is 0 Å². The van der Waals surface area contributed by atoms with Crippen molar-refractivity contribution in [2.45, 2.75) is 66.1 Å². The van der Waals surface area contributed by atoms with Gasteiger partial charge in [-0.3, -0.25) is 14.4 Å². The maximum absolute atomic E-state index is 12.0. The second kappa shape index (κ2) is 14.5. The number of piperidine rings is 1. The number of alkyl halides is 3. The number of carbonyl (C=O) groups excluding carboxylic acids is 3. The lowest BCUT2D eigenvalue weighted by Crippen LogP contribution is -2.35. The number of terminal acetylenes is 1. The highest BCUT2D eigenvalue weighted by Crippen LogP contribution is 2.62. The van der Waals surface area contributed by atoms with Crippen molar-refractivity contribution < 1.29 is 36.0 Å². The summed E-state index contributed by atoms with van der Waals surface area (Å²) in [4.78, 5) is 35.2. The van der Waals surface area contributed by atoms with Crippen molar-refractivity contribution in [1.82, 2.24) is 15.5 Å². The molecule has 0 bridgehead atoms. The molecule has 0 aromatic heterocycles. The Labute approximate surface area is 229 Å². The van der Waals surface area contributed by atoms with Crippen LogP contribution >= 0.6 is 0 Å². The zero-order chi connectivity index (χ0) is 30.8. The van der Waals surface area contributed by atoms with Crippen LogP contribution in [0.15, 0.2) is 0 Å². The van der Waals surface area contributed by atoms with Crippen molar-refractivity contribution in [2.75, 3.05) is 25.4 Å². The Kier molecular flexibility index (Phi) is 13.5. The quantitative estimate of drug-likeness (QED) is 0.321. The van der Waals surface area contributed by atoms with Crippen LogP contribution in [0.2, 0.25) is 0 Å². The Bertz CT molecular complexity index is 1000. The second-order valence-electron chi connectivity index (χ2n) is 11.5. The van der Waals surface area contributed by atoms with Crippen molar-refractivity contribution in [3.8, 4) is 18.9 Å². The van der Waals surface area contributed by atoms with E-state index < -0.39 is 28.0 Å². The molecule has 0 aromatic rings. The summed E-state index contributed by atoms with van der Waals surface area (Å²) >= 11 is 0. The van der Waals surface area contributed by atoms with Crippen LogP contribution < -0.4 is 15.8 Å². The molecule has 0 aromatic carbocycles. The Morgan fingerprint density at radius 1 is 1.28 bits per heavy atom. The number of amides is 3. The third-order valence-corrected chi connectivity index (χ3v) is 7.36. The van der Waals surface area contributed by atoms with E-state index in [2.05, 4.69) is 68.1 Å². The topological polar surface area (TPSA) is 162 Å². The molecule has 14 heteroatoms. The molecule has 4 atom stereocenters. The minimum atomic E-state index is -4.73. The zero-order valence-electron chi connectivity index (χ0n) is 23.0. The van der Waals surface area contributed by atoms with Gasteiger partial charge in [-0.25, -0.2) is 13.6 Å². The maximum atomic E-state index is 12.0. The minimum Gasteiger partial charge on any atom is -0.356 e. The Hall–Kier alpha value is -2.84. The van der Waals surface area contributed by atoms with E-state index in [1.165, 1.54) is 0 Å². The minimum absolute atomic E-state index is 0.0204. The van der Waals surface area contributed by atoms with Gasteiger partial charge in [0.15, 0.2) is 5.75 Å². The summed E-state index contributed by atoms with van der Waals surface area (Å²) in [5, 5.41) is 17.7. The van der Waals surface area contributed by atoms with Crippen LogP contribution in [-0.4, -0.2) is 69.1 Å². The summed E-state index contributed by atoms with van der Waals surface area (Å²) in [6.07, 6.45) is 5.60. The number of halogens is 3. The number of fused-ring (bicyclic) bond motifs is 1. The fraction of sp³-hybridized carbons (Fsp3) is 0.760. The first-order valence-corrected chi connectivity index (χ1v) is 14.0. The molecule has 1 unspecified atom stereocenters. The van der Waals surface area contributed by atoms with Gasteiger partial charge in [-0.15, -0.1) is 12.8 Å². The van der Waals surface area contributed by atoms with E-state index in [1.807, 2.05) is 6.07 Å². The molecule has 3 aliphatic rings. The molecule has 1 saturated carbocycles. The predicted octanol–water partition coefficient (Wildman–Crippen LogP) is 1.77. The standard InChI is InChI=1S/C13H23NO.C8H11N3O2.C2H4F3NO2S.C2H2/c1-12(2,3)6-11(15)14-7-9-10(8-14)13(9,4)5;9-4-7(11-5-12)3-6-1-2-10-8(6)13;3-2(4,5)1-9(6,7)8;1-2/h9-10H,6-8H2,1-5H3;5-7H,1-3H2,(H,10,13)(H,11,12);1H2,(H2,6,7,8);1-2H/t9-,10?;6-,7-;;/m00../s1. The molecule has 0 spiro atoms. The van der Waals surface area contributed by atoms with Gasteiger partial charge in [0.05, 0.1) is 6.07 Å². The van der Waals surface area contributed by atoms with Gasteiger partial charge in [-0.2, -0.15) is 18.4 Å². The smallest absolute Gasteiger partial charge is 0.356 e. The van der Waals surface area contributed by atoms with Gasteiger partial charge in [0.25, 0.3) is 0 Å². The molecule has 2 saturated heterocycles. The molecule has 3 amide bonds. The predicted molar refractivity (Wildman–Crippen MR) is 140 cm³/mol. The number of primary sulfonamides is 1. The summed E-state index contributed by atoms with van der Waals surface area (Å²) < 4.78 is 52.7. The van der Waals surface area contributed by atoms with Gasteiger partial charge >= 0.3 is 6.18 Å². The molecule has 1 aliphatic carbocycles. The fourth-order valence-corrected chi connectivity index (χ4v) is 4.98. The van der Waals surface area contributed by atoms with Gasteiger partial charge < -0.3 is 15.5 Å². The molecule has 10 nitrogen and oxygen atoms in total. The second-order valence-corrected chi connectivity index (χ2v) is 13.1. The number of rotatable bonds is 6. The van der Waals surface area contributed by atoms with Crippen molar-refractivity contribution in [1.29, 1.82) is 5.26 Å². The Morgan fingerprint density at radius 3 is 2.10 bits per heavy atom. The van der Waals surface area contributed by atoms with Gasteiger partial charge in [-0.05, 0) is 35.5 Å². The first kappa shape index (κ1) is 36.2. The summed E-state index contributed by atoms with van der Waals surface area (Å²) in [5.74, 6) is -0.196. The summed E-state index contributed by atoms with van der Waals surface area (Å²) in [7, 11) is -4.41. The van der Waals surface area contributed by atoms with Gasteiger partial charge in [0.2, 0.25) is 28.2 Å². The first-order chi connectivity index (χ1) is 17.7. The van der Waals surface area contributed by atoms with E-state index in [4.69, 9.17) is 5.26 Å². The summed E-state index contributed by atoms with van der Waals surface area (Å²) in [6, 6.07) is 1.38. The number of nitrogens with one attached hydrogen (secondary N) is 2. The number of carbonyl (C=O) groups is 3. The number of nitrogens with two attached hydrogens (primary N) is 1. The molecule has 2 heterocycles. The van der Waals surface area contributed by atoms with Crippen LogP contribution in [0.25, 0.3) is 0 Å². The number of sulfonamides is 1. The fourth-order valence-electron chi connectivity index (χ4n) is 4.52. The van der Waals surface area contributed by atoms with Crippen molar-refractivity contribution >= 4 is 28.2 Å². The molecule has 3 rings (SSSR count). The molecular weight excluding hydrogens is 539 g/mol. The monoisotopic (exact) mass is 579 g/mol. The third-order valence-electron chi connectivity index (χ3n) is 6.63. The van der Waals surface area contributed by atoms with Crippen LogP contribution in [0.1, 0.15) is 53.9 Å². The number of nitrogens with zero attached hydrogens (tertiary/aromatic N) is 2. The number of hydrogen-bond acceptors (Lipinski definition) is 6. The van der Waals surface area contributed by atoms with Crippen LogP contribution in [0.3, 0.4) is 0 Å². The van der Waals surface area contributed by atoms with Crippen molar-refractivity contribution in [2.24, 2.45) is 33.7 Å². The number of likely N-dealkylation sites (tertiary alicyclic amines) is 1. The van der Waals surface area contributed by atoms with E-state index in [1.54, 1.807) is 0 Å². The maximum Gasteiger partial charge on any atom is 0.404 e. The number of nitriles is 1. The Morgan fingerprint density at radius 2 is 1.79 bits per heavy atom. The van der Waals surface area contributed by atoms with E-state index in [9.17, 15) is 36.0 Å². The largest absolute Gasteiger partial charge is 0.404 e. The summed E-state index contributed by atoms with van der Waals surface area (Å²) in [5.41, 5.74) is 0.637. The Balaban J connectivity index is 0.000000555. The van der Waals surface area contributed by atoms with E-state index in [0.29, 0.717) is 37.1 Å². The van der Waals surface area contributed by atoms with Crippen LogP contribution in [0, 0.1) is 52.8 Å². The highest BCUT2D eigenvalue weighted by atomic mass is 32.2. The molecule has 3 fully saturated rings. The zero-order valence-corrected chi connectivity index (χ0v) is 23.9. The lowest BCUT2D eigenvalue weighted by Gasteiger charge is -2.26. The highest BCUT2D eigenvalue weighted by molar-refractivity contribution is 7.89. The lowest BCUT2D eigenvalue weighted by molar-refractivity contribution is -0.133. The van der Waals surface area contributed by atoms with E-state index >= 15 is 0 Å². The van der Waals surface area contributed by atoms with Gasteiger partial charge in [-0.1, -0.05) is 34.6 Å². The first-order valence-electron chi connectivity index (χ1n) is 12.3. The SMILES string of the molecule is C#C.CC(C)(C)CC(=O)N1CC2[C@H](C1)C2(C)C.N#C[C@H](C[C@@H]1CCNC1=O)NC=O.NS(=O)(=O)CC(F)(F)F. The molecule has 2 aliphatic heterocycles.